The van der Waals surface area contributed by atoms with Gasteiger partial charge in [-0.05, 0) is 42.9 Å². The minimum absolute atomic E-state index is 0.202. The zero-order valence-corrected chi connectivity index (χ0v) is 15.9. The molecule has 1 amide bonds. The molecular formula is C18H30N4OS. The molecule has 3 rings (SSSR count). The van der Waals surface area contributed by atoms with Crippen molar-refractivity contribution in [1.82, 2.24) is 19.6 Å². The average molecular weight is 351 g/mol. The Labute approximate surface area is 149 Å². The van der Waals surface area contributed by atoms with Crippen LogP contribution in [0.4, 0.5) is 0 Å². The van der Waals surface area contributed by atoms with Gasteiger partial charge in [0.15, 0.2) is 0 Å². The van der Waals surface area contributed by atoms with Crippen molar-refractivity contribution in [2.45, 2.75) is 25.9 Å². The van der Waals surface area contributed by atoms with Crippen molar-refractivity contribution < 1.29 is 4.79 Å². The van der Waals surface area contributed by atoms with Gasteiger partial charge in [-0.1, -0.05) is 0 Å². The highest BCUT2D eigenvalue weighted by atomic mass is 32.1. The number of rotatable bonds is 6. The molecule has 5 nitrogen and oxygen atoms in total. The second-order valence-corrected chi connectivity index (χ2v) is 8.24. The molecule has 0 unspecified atom stereocenters. The van der Waals surface area contributed by atoms with E-state index >= 15 is 0 Å². The van der Waals surface area contributed by atoms with E-state index in [1.165, 1.54) is 36.4 Å². The zero-order chi connectivity index (χ0) is 16.9. The molecule has 2 saturated heterocycles. The van der Waals surface area contributed by atoms with E-state index in [2.05, 4.69) is 26.1 Å². The highest BCUT2D eigenvalue weighted by Crippen LogP contribution is 2.20. The first-order valence-electron chi connectivity index (χ1n) is 9.03. The summed E-state index contributed by atoms with van der Waals surface area (Å²) in [5, 5.41) is 2.33. The number of piperazine rings is 1. The van der Waals surface area contributed by atoms with Gasteiger partial charge in [-0.15, -0.1) is 11.3 Å². The lowest BCUT2D eigenvalue weighted by Crippen LogP contribution is -2.48. The van der Waals surface area contributed by atoms with Gasteiger partial charge in [-0.3, -0.25) is 19.5 Å². The Bertz CT molecular complexity index is 531. The maximum Gasteiger partial charge on any atom is 0.236 e. The molecule has 0 spiro atoms. The van der Waals surface area contributed by atoms with Crippen LogP contribution in [0, 0.1) is 0 Å². The summed E-state index contributed by atoms with van der Waals surface area (Å²) in [5.74, 6) is 0.202. The second kappa shape index (κ2) is 8.43. The summed E-state index contributed by atoms with van der Waals surface area (Å²) in [7, 11) is 3.66. The summed E-state index contributed by atoms with van der Waals surface area (Å²) in [4.78, 5) is 22.3. The van der Waals surface area contributed by atoms with Crippen LogP contribution >= 0.6 is 11.3 Å². The van der Waals surface area contributed by atoms with Gasteiger partial charge in [0.25, 0.3) is 0 Å². The number of thiophene rings is 1. The van der Waals surface area contributed by atoms with E-state index in [-0.39, 0.29) is 5.91 Å². The third-order valence-corrected chi connectivity index (χ3v) is 5.99. The predicted molar refractivity (Wildman–Crippen MR) is 99.2 cm³/mol. The molecule has 0 bridgehead atoms. The lowest BCUT2D eigenvalue weighted by molar-refractivity contribution is -0.130. The van der Waals surface area contributed by atoms with Crippen molar-refractivity contribution in [1.29, 1.82) is 0 Å². The maximum atomic E-state index is 11.8. The van der Waals surface area contributed by atoms with Gasteiger partial charge in [-0.2, -0.15) is 0 Å². The third kappa shape index (κ3) is 5.02. The zero-order valence-electron chi connectivity index (χ0n) is 15.0. The molecule has 1 aromatic heterocycles. The number of carbonyl (C=O) groups excluding carboxylic acids is 1. The van der Waals surface area contributed by atoms with Crippen molar-refractivity contribution >= 4 is 17.2 Å². The molecule has 0 aliphatic carbocycles. The Hall–Kier alpha value is -0.950. The van der Waals surface area contributed by atoms with E-state index in [0.717, 1.165) is 39.3 Å². The number of likely N-dealkylation sites (N-methyl/N-ethyl adjacent to an activating group) is 1. The van der Waals surface area contributed by atoms with E-state index in [1.807, 2.05) is 25.4 Å². The summed E-state index contributed by atoms with van der Waals surface area (Å²) in [6.07, 6.45) is 2.72. The summed E-state index contributed by atoms with van der Waals surface area (Å²) >= 11 is 1.90. The summed E-state index contributed by atoms with van der Waals surface area (Å²) in [6, 6.07) is 2.39. The summed E-state index contributed by atoms with van der Waals surface area (Å²) in [5.41, 5.74) is 1.48. The van der Waals surface area contributed by atoms with E-state index in [0.29, 0.717) is 6.54 Å². The van der Waals surface area contributed by atoms with Crippen LogP contribution in [-0.4, -0.2) is 85.4 Å². The smallest absolute Gasteiger partial charge is 0.236 e. The van der Waals surface area contributed by atoms with Crippen LogP contribution in [0.3, 0.4) is 0 Å². The topological polar surface area (TPSA) is 30.0 Å². The number of hydrogen-bond donors (Lipinski definition) is 0. The van der Waals surface area contributed by atoms with Crippen molar-refractivity contribution in [2.75, 3.05) is 59.9 Å². The number of nitrogens with zero attached hydrogens (tertiary/aromatic N) is 4. The van der Waals surface area contributed by atoms with Gasteiger partial charge in [0.05, 0.1) is 6.54 Å². The molecule has 24 heavy (non-hydrogen) atoms. The van der Waals surface area contributed by atoms with Gasteiger partial charge in [-0.25, -0.2) is 0 Å². The van der Waals surface area contributed by atoms with Crippen molar-refractivity contribution in [3.8, 4) is 0 Å². The molecule has 0 N–H and O–H groups in total. The quantitative estimate of drug-likeness (QED) is 0.779. The van der Waals surface area contributed by atoms with Crippen LogP contribution in [0.1, 0.15) is 23.3 Å². The van der Waals surface area contributed by atoms with Gasteiger partial charge in [0.1, 0.15) is 0 Å². The van der Waals surface area contributed by atoms with Crippen molar-refractivity contribution in [2.24, 2.45) is 0 Å². The summed E-state index contributed by atoms with van der Waals surface area (Å²) < 4.78 is 0. The van der Waals surface area contributed by atoms with Crippen LogP contribution < -0.4 is 0 Å². The number of amides is 1. The predicted octanol–water partition coefficient (Wildman–Crippen LogP) is 1.55. The monoisotopic (exact) mass is 350 g/mol. The molecule has 6 heteroatoms. The fraction of sp³-hybridized carbons (Fsp3) is 0.722. The largest absolute Gasteiger partial charge is 0.348 e. The van der Waals surface area contributed by atoms with E-state index in [9.17, 15) is 4.79 Å². The van der Waals surface area contributed by atoms with Crippen LogP contribution in [-0.2, 0) is 17.9 Å². The fourth-order valence-corrected chi connectivity index (χ4v) is 4.37. The number of carbonyl (C=O) groups is 1. The third-order valence-electron chi connectivity index (χ3n) is 5.01. The molecule has 2 aliphatic rings. The summed E-state index contributed by atoms with van der Waals surface area (Å²) in [6.45, 7) is 9.35. The molecule has 1 aromatic rings. The van der Waals surface area contributed by atoms with E-state index in [4.69, 9.17) is 0 Å². The lowest BCUT2D eigenvalue weighted by Gasteiger charge is -2.34. The van der Waals surface area contributed by atoms with Crippen LogP contribution in [0.25, 0.3) is 0 Å². The fourth-order valence-electron chi connectivity index (χ4n) is 3.45. The Balaban J connectivity index is 1.41. The van der Waals surface area contributed by atoms with Crippen molar-refractivity contribution in [3.63, 3.8) is 0 Å². The van der Waals surface area contributed by atoms with Gasteiger partial charge >= 0.3 is 0 Å². The van der Waals surface area contributed by atoms with Gasteiger partial charge in [0.2, 0.25) is 5.91 Å². The average Bonchev–Trinajstić information content (AvgIpc) is 3.22. The molecule has 3 heterocycles. The van der Waals surface area contributed by atoms with Gasteiger partial charge in [0, 0.05) is 58.2 Å². The van der Waals surface area contributed by atoms with Gasteiger partial charge < -0.3 is 4.90 Å². The molecule has 0 aromatic carbocycles. The Morgan fingerprint density at radius 2 is 1.62 bits per heavy atom. The SMILES string of the molecule is CN(C)C(=O)CN1CCN(Cc2cc(CN3CCCC3)cs2)CC1. The molecule has 2 fully saturated rings. The minimum atomic E-state index is 0.202. The normalized spacial score (nSPS) is 20.6. The van der Waals surface area contributed by atoms with Crippen LogP contribution in [0.15, 0.2) is 11.4 Å². The second-order valence-electron chi connectivity index (χ2n) is 7.24. The minimum Gasteiger partial charge on any atom is -0.348 e. The first-order valence-corrected chi connectivity index (χ1v) is 9.91. The van der Waals surface area contributed by atoms with E-state index < -0.39 is 0 Å². The Kier molecular flexibility index (Phi) is 6.27. The first-order chi connectivity index (χ1) is 11.6. The van der Waals surface area contributed by atoms with Crippen molar-refractivity contribution in [3.05, 3.63) is 21.9 Å². The Morgan fingerprint density at radius 3 is 2.29 bits per heavy atom. The van der Waals surface area contributed by atoms with E-state index in [1.54, 1.807) is 4.90 Å². The first kappa shape index (κ1) is 17.9. The highest BCUT2D eigenvalue weighted by Gasteiger charge is 2.20. The molecule has 0 atom stereocenters. The van der Waals surface area contributed by atoms with Crippen LogP contribution in [0.2, 0.25) is 0 Å². The maximum absolute atomic E-state index is 11.8. The standard InChI is InChI=1S/C18H30N4OS/c1-19(2)18(23)14-22-9-7-21(8-10-22)13-17-11-16(15-24-17)12-20-5-3-4-6-20/h11,15H,3-10,12-14H2,1-2H3. The Morgan fingerprint density at radius 1 is 1.00 bits per heavy atom. The molecule has 2 aliphatic heterocycles. The van der Waals surface area contributed by atoms with Crippen LogP contribution in [0.5, 0.6) is 0 Å². The molecule has 134 valence electrons. The molecule has 0 saturated carbocycles. The highest BCUT2D eigenvalue weighted by molar-refractivity contribution is 7.10. The number of likely N-dealkylation sites (tertiary alicyclic amines) is 1. The lowest BCUT2D eigenvalue weighted by atomic mass is 10.2. The molecule has 0 radical (unpaired) electrons. The number of hydrogen-bond acceptors (Lipinski definition) is 5. The molecular weight excluding hydrogens is 320 g/mol.